The number of benzene rings is 2. The molecule has 2 N–H and O–H groups in total. The number of rotatable bonds is 10. The van der Waals surface area contributed by atoms with Crippen molar-refractivity contribution in [1.29, 1.82) is 0 Å². The van der Waals surface area contributed by atoms with Crippen LogP contribution in [0, 0.1) is 0 Å². The smallest absolute Gasteiger partial charge is 0.416 e. The van der Waals surface area contributed by atoms with Crippen LogP contribution in [0.5, 0.6) is 0 Å². The number of aryl methyl sites for hydroxylation is 1. The van der Waals surface area contributed by atoms with E-state index in [0.717, 1.165) is 35.3 Å². The lowest BCUT2D eigenvalue weighted by Crippen LogP contribution is -2.19. The number of carbonyl (C=O) groups excluding carboxylic acids is 1. The summed E-state index contributed by atoms with van der Waals surface area (Å²) < 4.78 is 37.9. The third-order valence-electron chi connectivity index (χ3n) is 5.41. The van der Waals surface area contributed by atoms with Gasteiger partial charge in [-0.25, -0.2) is 4.98 Å². The Bertz CT molecular complexity index is 1150. The highest BCUT2D eigenvalue weighted by atomic mass is 19.4. The summed E-state index contributed by atoms with van der Waals surface area (Å²) in [4.78, 5) is 29.5. The van der Waals surface area contributed by atoms with Crippen molar-refractivity contribution in [3.8, 4) is 0 Å². The minimum absolute atomic E-state index is 0.146. The fourth-order valence-electron chi connectivity index (χ4n) is 3.49. The van der Waals surface area contributed by atoms with Crippen molar-refractivity contribution in [2.24, 2.45) is 0 Å². The van der Waals surface area contributed by atoms with Gasteiger partial charge in [0.25, 0.3) is 0 Å². The van der Waals surface area contributed by atoms with E-state index in [0.29, 0.717) is 30.6 Å². The first-order valence-corrected chi connectivity index (χ1v) is 10.9. The number of aliphatic carboxylic acids is 1. The molecule has 0 saturated carbocycles. The van der Waals surface area contributed by atoms with Crippen LogP contribution in [0.3, 0.4) is 0 Å². The van der Waals surface area contributed by atoms with Gasteiger partial charge in [-0.15, -0.1) is 0 Å². The number of hydrogen-bond donors (Lipinski definition) is 2. The maximum Gasteiger partial charge on any atom is 0.416 e. The third kappa shape index (κ3) is 7.19. The second-order valence-electron chi connectivity index (χ2n) is 8.09. The summed E-state index contributed by atoms with van der Waals surface area (Å²) >= 11 is 0. The van der Waals surface area contributed by atoms with E-state index in [1.54, 1.807) is 6.07 Å². The summed E-state index contributed by atoms with van der Waals surface area (Å²) in [6.45, 7) is 0.693. The zero-order valence-corrected chi connectivity index (χ0v) is 18.7. The van der Waals surface area contributed by atoms with Crippen LogP contribution in [0.1, 0.15) is 36.8 Å². The van der Waals surface area contributed by atoms with Gasteiger partial charge in [0.15, 0.2) is 0 Å². The fraction of sp³-hybridized carbons (Fsp3) is 0.320. The number of carbonyl (C=O) groups is 2. The fourth-order valence-corrected chi connectivity index (χ4v) is 3.49. The molecule has 0 fully saturated rings. The molecule has 0 aliphatic carbocycles. The van der Waals surface area contributed by atoms with Crippen LogP contribution in [0.2, 0.25) is 0 Å². The van der Waals surface area contributed by atoms with E-state index in [9.17, 15) is 22.8 Å². The zero-order valence-electron chi connectivity index (χ0n) is 18.7. The van der Waals surface area contributed by atoms with Crippen LogP contribution in [0.25, 0.3) is 10.9 Å². The predicted molar refractivity (Wildman–Crippen MR) is 125 cm³/mol. The number of halogens is 3. The van der Waals surface area contributed by atoms with Crippen molar-refractivity contribution in [2.45, 2.75) is 38.3 Å². The summed E-state index contributed by atoms with van der Waals surface area (Å²) in [5.41, 5.74) is 1.32. The van der Waals surface area contributed by atoms with Crippen molar-refractivity contribution < 1.29 is 27.9 Å². The summed E-state index contributed by atoms with van der Waals surface area (Å²) in [5.74, 6) is -0.255. The molecule has 6 nitrogen and oxygen atoms in total. The van der Waals surface area contributed by atoms with Gasteiger partial charge in [-0.05, 0) is 67.3 Å². The van der Waals surface area contributed by atoms with Gasteiger partial charge in [0, 0.05) is 37.5 Å². The Morgan fingerprint density at radius 1 is 1.00 bits per heavy atom. The molecule has 180 valence electrons. The zero-order chi connectivity index (χ0) is 24.7. The van der Waals surface area contributed by atoms with Gasteiger partial charge in [-0.1, -0.05) is 12.1 Å². The second-order valence-corrected chi connectivity index (χ2v) is 8.09. The van der Waals surface area contributed by atoms with Gasteiger partial charge in [0.05, 0.1) is 11.1 Å². The third-order valence-corrected chi connectivity index (χ3v) is 5.41. The Balaban J connectivity index is 1.54. The molecule has 0 atom stereocenters. The highest BCUT2D eigenvalue weighted by molar-refractivity contribution is 5.94. The van der Waals surface area contributed by atoms with E-state index in [4.69, 9.17) is 5.11 Å². The van der Waals surface area contributed by atoms with E-state index in [1.807, 2.05) is 36.2 Å². The second kappa shape index (κ2) is 11.0. The van der Waals surface area contributed by atoms with Gasteiger partial charge in [0.1, 0.15) is 5.82 Å². The molecule has 0 unspecified atom stereocenters. The molecule has 1 amide bonds. The lowest BCUT2D eigenvalue weighted by Gasteiger charge is -2.18. The van der Waals surface area contributed by atoms with E-state index >= 15 is 0 Å². The van der Waals surface area contributed by atoms with Crippen molar-refractivity contribution in [2.75, 3.05) is 23.8 Å². The summed E-state index contributed by atoms with van der Waals surface area (Å²) in [6, 6.07) is 14.0. The van der Waals surface area contributed by atoms with Crippen LogP contribution in [-0.2, 0) is 22.2 Å². The number of amides is 1. The first-order valence-electron chi connectivity index (χ1n) is 10.9. The molecule has 3 aromatic rings. The lowest BCUT2D eigenvalue weighted by atomic mass is 10.1. The standard InChI is InChI=1S/C25H26F3N3O3/c1-31(15-3-2-4-24(33)34)22-13-8-18-16-20(11-12-21(18)30-22)29-23(32)14-7-17-5-9-19(10-6-17)25(26,27)28/h5-6,8-13,16H,2-4,7,14-15H2,1H3,(H,29,32)(H,33,34). The van der Waals surface area contributed by atoms with Gasteiger partial charge < -0.3 is 15.3 Å². The number of nitrogens with one attached hydrogen (secondary N) is 1. The highest BCUT2D eigenvalue weighted by Crippen LogP contribution is 2.29. The van der Waals surface area contributed by atoms with Crippen LogP contribution < -0.4 is 10.2 Å². The topological polar surface area (TPSA) is 82.5 Å². The summed E-state index contributed by atoms with van der Waals surface area (Å²) in [5, 5.41) is 12.4. The quantitative estimate of drug-likeness (QED) is 0.379. The Labute approximate surface area is 195 Å². The molecule has 3 rings (SSSR count). The van der Waals surface area contributed by atoms with Crippen LogP contribution in [0.4, 0.5) is 24.7 Å². The van der Waals surface area contributed by atoms with E-state index in [1.165, 1.54) is 12.1 Å². The van der Waals surface area contributed by atoms with Gasteiger partial charge in [-0.2, -0.15) is 13.2 Å². The number of nitrogens with zero attached hydrogens (tertiary/aromatic N) is 2. The normalized spacial score (nSPS) is 11.4. The Kier molecular flexibility index (Phi) is 8.09. The molecular weight excluding hydrogens is 447 g/mol. The average Bonchev–Trinajstić information content (AvgIpc) is 2.79. The van der Waals surface area contributed by atoms with E-state index < -0.39 is 17.7 Å². The first-order chi connectivity index (χ1) is 16.1. The number of pyridine rings is 1. The Hall–Kier alpha value is -3.62. The summed E-state index contributed by atoms with van der Waals surface area (Å²) in [7, 11) is 1.90. The van der Waals surface area contributed by atoms with E-state index in [2.05, 4.69) is 10.3 Å². The number of aromatic nitrogens is 1. The number of fused-ring (bicyclic) bond motifs is 1. The average molecular weight is 473 g/mol. The largest absolute Gasteiger partial charge is 0.481 e. The number of alkyl halides is 3. The molecule has 1 aromatic heterocycles. The Morgan fingerprint density at radius 2 is 1.74 bits per heavy atom. The number of anilines is 2. The van der Waals surface area contributed by atoms with E-state index in [-0.39, 0.29) is 18.7 Å². The molecule has 0 bridgehead atoms. The van der Waals surface area contributed by atoms with Crippen molar-refractivity contribution in [3.63, 3.8) is 0 Å². The van der Waals surface area contributed by atoms with Crippen molar-refractivity contribution in [3.05, 3.63) is 65.7 Å². The molecule has 2 aromatic carbocycles. The molecule has 1 heterocycles. The maximum absolute atomic E-state index is 12.6. The first kappa shape index (κ1) is 25.0. The molecule has 0 saturated heterocycles. The molecule has 0 aliphatic heterocycles. The molecule has 0 spiro atoms. The van der Waals surface area contributed by atoms with Crippen molar-refractivity contribution >= 4 is 34.3 Å². The monoisotopic (exact) mass is 473 g/mol. The van der Waals surface area contributed by atoms with Crippen LogP contribution >= 0.6 is 0 Å². The molecule has 0 radical (unpaired) electrons. The predicted octanol–water partition coefficient (Wildman–Crippen LogP) is 5.52. The van der Waals surface area contributed by atoms with Crippen LogP contribution in [-0.4, -0.2) is 35.6 Å². The lowest BCUT2D eigenvalue weighted by molar-refractivity contribution is -0.138. The number of unbranched alkanes of at least 4 members (excludes halogenated alkanes) is 1. The molecule has 0 aliphatic rings. The van der Waals surface area contributed by atoms with Gasteiger partial charge >= 0.3 is 12.1 Å². The minimum Gasteiger partial charge on any atom is -0.481 e. The molecular formula is C25H26F3N3O3. The van der Waals surface area contributed by atoms with Crippen LogP contribution in [0.15, 0.2) is 54.6 Å². The number of hydrogen-bond acceptors (Lipinski definition) is 4. The van der Waals surface area contributed by atoms with Gasteiger partial charge in [-0.3, -0.25) is 9.59 Å². The Morgan fingerprint density at radius 3 is 2.41 bits per heavy atom. The van der Waals surface area contributed by atoms with Gasteiger partial charge in [0.2, 0.25) is 5.91 Å². The highest BCUT2D eigenvalue weighted by Gasteiger charge is 2.29. The molecule has 34 heavy (non-hydrogen) atoms. The SMILES string of the molecule is CN(CCCCC(=O)O)c1ccc2cc(NC(=O)CCc3ccc(C(F)(F)F)cc3)ccc2n1. The number of carboxylic acids is 1. The molecule has 9 heteroatoms. The number of carboxylic acid groups (broad SMARTS) is 1. The summed E-state index contributed by atoms with van der Waals surface area (Å²) in [6.07, 6.45) is -2.39. The maximum atomic E-state index is 12.6. The minimum atomic E-state index is -4.38. The van der Waals surface area contributed by atoms with Crippen molar-refractivity contribution in [1.82, 2.24) is 4.98 Å².